The number of carbonyl (C=O) groups excluding carboxylic acids is 1. The zero-order valence-corrected chi connectivity index (χ0v) is 11.8. The van der Waals surface area contributed by atoms with E-state index in [1.807, 2.05) is 6.07 Å². The number of aliphatic hydroxyl groups excluding tert-OH is 1. The highest BCUT2D eigenvalue weighted by Gasteiger charge is 2.26. The lowest BCUT2D eigenvalue weighted by atomic mass is 9.90. The van der Waals surface area contributed by atoms with E-state index in [1.54, 1.807) is 12.1 Å². The summed E-state index contributed by atoms with van der Waals surface area (Å²) in [5.74, 6) is -0.381. The van der Waals surface area contributed by atoms with Crippen molar-refractivity contribution in [3.8, 4) is 0 Å². The molecule has 1 saturated carbocycles. The Hall–Kier alpha value is -1.75. The zero-order chi connectivity index (χ0) is 14.5. The molecule has 1 aromatic rings. The van der Waals surface area contributed by atoms with Gasteiger partial charge in [-0.25, -0.2) is 4.79 Å². The molecule has 2 rings (SSSR count). The largest absolute Gasteiger partial charge is 0.465 e. The van der Waals surface area contributed by atoms with Gasteiger partial charge in [0.05, 0.1) is 24.0 Å². The smallest absolute Gasteiger partial charge is 0.337 e. The maximum atomic E-state index is 11.5. The van der Waals surface area contributed by atoms with Gasteiger partial charge in [0, 0.05) is 19.2 Å². The Morgan fingerprint density at radius 2 is 2.25 bits per heavy atom. The second-order valence-electron chi connectivity index (χ2n) is 5.12. The van der Waals surface area contributed by atoms with E-state index in [0.29, 0.717) is 23.7 Å². The fourth-order valence-electron chi connectivity index (χ4n) is 2.50. The van der Waals surface area contributed by atoms with E-state index in [0.717, 1.165) is 25.1 Å². The van der Waals surface area contributed by atoms with Crippen molar-refractivity contribution in [2.24, 2.45) is 0 Å². The number of nitrogen functional groups attached to an aromatic ring is 1. The van der Waals surface area contributed by atoms with Crippen molar-refractivity contribution in [3.05, 3.63) is 23.8 Å². The zero-order valence-electron chi connectivity index (χ0n) is 11.8. The molecule has 5 nitrogen and oxygen atoms in total. The number of esters is 1. The molecule has 3 N–H and O–H groups in total. The molecule has 1 aliphatic carbocycles. The predicted octanol–water partition coefficient (Wildman–Crippen LogP) is 1.80. The molecule has 20 heavy (non-hydrogen) atoms. The first-order valence-corrected chi connectivity index (χ1v) is 7.02. The average molecular weight is 278 g/mol. The highest BCUT2D eigenvalue weighted by atomic mass is 16.5. The summed E-state index contributed by atoms with van der Waals surface area (Å²) in [7, 11) is 1.36. The first-order chi connectivity index (χ1) is 9.67. The van der Waals surface area contributed by atoms with Gasteiger partial charge >= 0.3 is 5.97 Å². The van der Waals surface area contributed by atoms with E-state index in [1.165, 1.54) is 13.5 Å². The van der Waals surface area contributed by atoms with Crippen LogP contribution in [0.15, 0.2) is 18.2 Å². The Morgan fingerprint density at radius 1 is 1.50 bits per heavy atom. The van der Waals surface area contributed by atoms with Crippen LogP contribution in [0, 0.1) is 0 Å². The van der Waals surface area contributed by atoms with Gasteiger partial charge in [-0.15, -0.1) is 0 Å². The molecule has 0 unspecified atom stereocenters. The van der Waals surface area contributed by atoms with E-state index in [2.05, 4.69) is 4.90 Å². The number of benzene rings is 1. The molecule has 5 heteroatoms. The summed E-state index contributed by atoms with van der Waals surface area (Å²) in [5.41, 5.74) is 8.08. The highest BCUT2D eigenvalue weighted by Crippen LogP contribution is 2.33. The normalized spacial score (nSPS) is 14.7. The molecule has 0 saturated heterocycles. The summed E-state index contributed by atoms with van der Waals surface area (Å²) in [6.07, 6.45) is 4.27. The van der Waals surface area contributed by atoms with Crippen LogP contribution < -0.4 is 10.6 Å². The Morgan fingerprint density at radius 3 is 2.75 bits per heavy atom. The Kier molecular flexibility index (Phi) is 4.84. The Labute approximate surface area is 119 Å². The summed E-state index contributed by atoms with van der Waals surface area (Å²) >= 11 is 0. The molecular formula is C15H22N2O3. The van der Waals surface area contributed by atoms with Crippen molar-refractivity contribution in [2.45, 2.75) is 31.7 Å². The monoisotopic (exact) mass is 278 g/mol. The minimum absolute atomic E-state index is 0.170. The number of nitrogens with two attached hydrogens (primary N) is 1. The second-order valence-corrected chi connectivity index (χ2v) is 5.12. The van der Waals surface area contributed by atoms with Gasteiger partial charge in [0.1, 0.15) is 0 Å². The van der Waals surface area contributed by atoms with Gasteiger partial charge in [-0.05, 0) is 43.9 Å². The molecule has 1 fully saturated rings. The van der Waals surface area contributed by atoms with Crippen LogP contribution in [-0.4, -0.2) is 37.4 Å². The second kappa shape index (κ2) is 6.61. The summed E-state index contributed by atoms with van der Waals surface area (Å²) in [6.45, 7) is 0.951. The molecule has 0 radical (unpaired) electrons. The molecule has 0 heterocycles. The Balaban J connectivity index is 2.21. The molecule has 0 spiro atoms. The molecule has 1 aliphatic rings. The summed E-state index contributed by atoms with van der Waals surface area (Å²) < 4.78 is 4.70. The summed E-state index contributed by atoms with van der Waals surface area (Å²) in [6, 6.07) is 5.76. The van der Waals surface area contributed by atoms with Crippen molar-refractivity contribution >= 4 is 17.3 Å². The van der Waals surface area contributed by atoms with Crippen LogP contribution in [0.4, 0.5) is 11.4 Å². The highest BCUT2D eigenvalue weighted by molar-refractivity contribution is 5.92. The number of anilines is 2. The van der Waals surface area contributed by atoms with Crippen LogP contribution in [0.25, 0.3) is 0 Å². The first kappa shape index (κ1) is 14.7. The number of ether oxygens (including phenoxy) is 1. The number of methoxy groups -OCH3 is 1. The quantitative estimate of drug-likeness (QED) is 0.613. The van der Waals surface area contributed by atoms with Gasteiger partial charge in [-0.3, -0.25) is 0 Å². The van der Waals surface area contributed by atoms with E-state index < -0.39 is 0 Å². The number of hydrogen-bond acceptors (Lipinski definition) is 5. The lowest BCUT2D eigenvalue weighted by Crippen LogP contribution is -2.41. The molecule has 1 aromatic carbocycles. The predicted molar refractivity (Wildman–Crippen MR) is 78.9 cm³/mol. The van der Waals surface area contributed by atoms with Gasteiger partial charge < -0.3 is 20.5 Å². The molecule has 0 amide bonds. The fraction of sp³-hybridized carbons (Fsp3) is 0.533. The minimum atomic E-state index is -0.381. The Bertz CT molecular complexity index is 472. The fourth-order valence-corrected chi connectivity index (χ4v) is 2.50. The number of rotatable bonds is 6. The molecule has 0 aromatic heterocycles. The lowest BCUT2D eigenvalue weighted by Gasteiger charge is -2.40. The SMILES string of the molecule is COC(=O)c1ccc(N(CCCO)C2CCC2)c(N)c1. The van der Waals surface area contributed by atoms with Crippen LogP contribution in [0.2, 0.25) is 0 Å². The molecular weight excluding hydrogens is 256 g/mol. The third kappa shape index (κ3) is 3.04. The lowest BCUT2D eigenvalue weighted by molar-refractivity contribution is 0.0601. The van der Waals surface area contributed by atoms with Crippen LogP contribution in [0.1, 0.15) is 36.0 Å². The maximum Gasteiger partial charge on any atom is 0.337 e. The van der Waals surface area contributed by atoms with E-state index in [9.17, 15) is 4.79 Å². The summed E-state index contributed by atoms with van der Waals surface area (Å²) in [4.78, 5) is 13.7. The van der Waals surface area contributed by atoms with Gasteiger partial charge in [0.25, 0.3) is 0 Å². The average Bonchev–Trinajstić information content (AvgIpc) is 2.40. The van der Waals surface area contributed by atoms with Crippen molar-refractivity contribution < 1.29 is 14.6 Å². The van der Waals surface area contributed by atoms with Gasteiger partial charge in [-0.2, -0.15) is 0 Å². The van der Waals surface area contributed by atoms with E-state index in [4.69, 9.17) is 15.6 Å². The topological polar surface area (TPSA) is 75.8 Å². The van der Waals surface area contributed by atoms with Crippen molar-refractivity contribution in [2.75, 3.05) is 30.9 Å². The van der Waals surface area contributed by atoms with Crippen molar-refractivity contribution in [1.82, 2.24) is 0 Å². The van der Waals surface area contributed by atoms with Gasteiger partial charge in [0.15, 0.2) is 0 Å². The van der Waals surface area contributed by atoms with E-state index in [-0.39, 0.29) is 12.6 Å². The van der Waals surface area contributed by atoms with Gasteiger partial charge in [-0.1, -0.05) is 0 Å². The summed E-state index contributed by atoms with van der Waals surface area (Å²) in [5, 5.41) is 9.03. The first-order valence-electron chi connectivity index (χ1n) is 7.02. The minimum Gasteiger partial charge on any atom is -0.465 e. The third-order valence-electron chi connectivity index (χ3n) is 3.83. The number of nitrogens with zero attached hydrogens (tertiary/aromatic N) is 1. The van der Waals surface area contributed by atoms with Gasteiger partial charge in [0.2, 0.25) is 0 Å². The van der Waals surface area contributed by atoms with Crippen LogP contribution in [0.5, 0.6) is 0 Å². The molecule has 0 bridgehead atoms. The van der Waals surface area contributed by atoms with Crippen molar-refractivity contribution in [3.63, 3.8) is 0 Å². The molecule has 110 valence electrons. The maximum absolute atomic E-state index is 11.5. The number of carbonyl (C=O) groups is 1. The standard InChI is InChI=1S/C15H22N2O3/c1-20-15(19)11-6-7-14(13(16)10-11)17(8-3-9-18)12-4-2-5-12/h6-7,10,12,18H,2-5,8-9,16H2,1H3. The van der Waals surface area contributed by atoms with E-state index >= 15 is 0 Å². The number of aliphatic hydroxyl groups is 1. The number of hydrogen-bond donors (Lipinski definition) is 2. The van der Waals surface area contributed by atoms with Crippen LogP contribution in [-0.2, 0) is 4.74 Å². The molecule has 0 aliphatic heterocycles. The van der Waals surface area contributed by atoms with Crippen LogP contribution in [0.3, 0.4) is 0 Å². The third-order valence-corrected chi connectivity index (χ3v) is 3.83. The molecule has 0 atom stereocenters. The van der Waals surface area contributed by atoms with Crippen LogP contribution >= 0.6 is 0 Å². The van der Waals surface area contributed by atoms with Crippen molar-refractivity contribution in [1.29, 1.82) is 0 Å².